The molecule has 1 unspecified atom stereocenters. The normalized spacial score (nSPS) is 19.2. The van der Waals surface area contributed by atoms with Crippen LogP contribution in [0.1, 0.15) is 18.9 Å². The smallest absolute Gasteiger partial charge is 0.149 e. The van der Waals surface area contributed by atoms with E-state index < -0.39 is 11.6 Å². The van der Waals surface area contributed by atoms with Gasteiger partial charge >= 0.3 is 0 Å². The second-order valence-electron chi connectivity index (χ2n) is 5.99. The summed E-state index contributed by atoms with van der Waals surface area (Å²) in [6, 6.07) is 2.86. The number of hydrogen-bond acceptors (Lipinski definition) is 3. The highest BCUT2D eigenvalue weighted by molar-refractivity contribution is 5.50. The molecule has 21 heavy (non-hydrogen) atoms. The third-order valence-electron chi connectivity index (χ3n) is 4.06. The van der Waals surface area contributed by atoms with Crippen molar-refractivity contribution in [3.05, 3.63) is 29.3 Å². The number of likely N-dealkylation sites (tertiary alicyclic amines) is 1. The molecule has 0 aromatic heterocycles. The number of anilines is 1. The Bertz CT molecular complexity index is 456. The van der Waals surface area contributed by atoms with Gasteiger partial charge in [-0.2, -0.15) is 0 Å². The van der Waals surface area contributed by atoms with Crippen LogP contribution in [0.4, 0.5) is 14.5 Å². The quantitative estimate of drug-likeness (QED) is 0.870. The molecule has 0 amide bonds. The predicted molar refractivity (Wildman–Crippen MR) is 82.6 cm³/mol. The van der Waals surface area contributed by atoms with Crippen molar-refractivity contribution in [2.24, 2.45) is 5.92 Å². The fourth-order valence-corrected chi connectivity index (χ4v) is 3.01. The van der Waals surface area contributed by atoms with Crippen LogP contribution >= 0.6 is 0 Å². The summed E-state index contributed by atoms with van der Waals surface area (Å²) in [7, 11) is 3.85. The summed E-state index contributed by atoms with van der Waals surface area (Å²) in [5.74, 6) is -0.478. The molecular formula is C16H25F2N3. The van der Waals surface area contributed by atoms with Crippen LogP contribution in [0.2, 0.25) is 0 Å². The van der Waals surface area contributed by atoms with Crippen LogP contribution in [-0.4, -0.2) is 45.2 Å². The predicted octanol–water partition coefficient (Wildman–Crippen LogP) is 2.46. The molecule has 1 atom stereocenters. The molecule has 5 heteroatoms. The minimum Gasteiger partial charge on any atom is -0.370 e. The zero-order valence-electron chi connectivity index (χ0n) is 13.1. The minimum atomic E-state index is -0.475. The Morgan fingerprint density at radius 2 is 2.00 bits per heavy atom. The SMILES string of the molecule is CCNCc1cc(F)c(N(C)CC2CCN(C)C2)c(F)c1. The van der Waals surface area contributed by atoms with Crippen molar-refractivity contribution in [1.29, 1.82) is 0 Å². The molecule has 1 aliphatic rings. The first-order valence-corrected chi connectivity index (χ1v) is 7.59. The van der Waals surface area contributed by atoms with Gasteiger partial charge in [-0.1, -0.05) is 6.92 Å². The third kappa shape index (κ3) is 4.14. The minimum absolute atomic E-state index is 0.0878. The number of rotatable bonds is 6. The van der Waals surface area contributed by atoms with E-state index in [0.29, 0.717) is 24.6 Å². The fraction of sp³-hybridized carbons (Fsp3) is 0.625. The van der Waals surface area contributed by atoms with Crippen LogP contribution in [-0.2, 0) is 6.54 Å². The first kappa shape index (κ1) is 16.2. The van der Waals surface area contributed by atoms with Crippen molar-refractivity contribution in [3.63, 3.8) is 0 Å². The first-order chi connectivity index (χ1) is 10.0. The van der Waals surface area contributed by atoms with Gasteiger partial charge < -0.3 is 15.1 Å². The molecule has 1 fully saturated rings. The summed E-state index contributed by atoms with van der Waals surface area (Å²) < 4.78 is 28.4. The summed E-state index contributed by atoms with van der Waals surface area (Å²) >= 11 is 0. The molecule has 2 rings (SSSR count). The standard InChI is InChI=1S/C16H25F2N3/c1-4-19-9-13-7-14(17)16(15(18)8-13)21(3)11-12-5-6-20(2)10-12/h7-8,12,19H,4-6,9-11H2,1-3H3. The fourth-order valence-electron chi connectivity index (χ4n) is 3.01. The van der Waals surface area contributed by atoms with Crippen molar-refractivity contribution in [1.82, 2.24) is 10.2 Å². The van der Waals surface area contributed by atoms with E-state index in [2.05, 4.69) is 17.3 Å². The molecule has 3 nitrogen and oxygen atoms in total. The molecular weight excluding hydrogens is 272 g/mol. The highest BCUT2D eigenvalue weighted by Gasteiger charge is 2.23. The van der Waals surface area contributed by atoms with Gasteiger partial charge in [0.1, 0.15) is 17.3 Å². The van der Waals surface area contributed by atoms with Crippen molar-refractivity contribution < 1.29 is 8.78 Å². The molecule has 0 spiro atoms. The molecule has 1 aromatic rings. The van der Waals surface area contributed by atoms with Crippen LogP contribution in [0.25, 0.3) is 0 Å². The number of hydrogen-bond donors (Lipinski definition) is 1. The molecule has 0 saturated carbocycles. The lowest BCUT2D eigenvalue weighted by atomic mass is 10.1. The van der Waals surface area contributed by atoms with Gasteiger partial charge in [-0.3, -0.25) is 0 Å². The van der Waals surface area contributed by atoms with Gasteiger partial charge in [-0.25, -0.2) is 8.78 Å². The molecule has 0 bridgehead atoms. The van der Waals surface area contributed by atoms with Gasteiger partial charge in [0, 0.05) is 26.7 Å². The molecule has 1 aromatic carbocycles. The van der Waals surface area contributed by atoms with E-state index in [1.54, 1.807) is 11.9 Å². The van der Waals surface area contributed by atoms with E-state index in [4.69, 9.17) is 0 Å². The average Bonchev–Trinajstić information content (AvgIpc) is 2.81. The van der Waals surface area contributed by atoms with E-state index in [0.717, 1.165) is 26.1 Å². The van der Waals surface area contributed by atoms with Crippen molar-refractivity contribution in [3.8, 4) is 0 Å². The van der Waals surface area contributed by atoms with E-state index >= 15 is 0 Å². The maximum absolute atomic E-state index is 14.2. The maximum atomic E-state index is 14.2. The Hall–Kier alpha value is -1.20. The molecule has 1 heterocycles. The van der Waals surface area contributed by atoms with Gasteiger partial charge in [0.05, 0.1) is 0 Å². The Morgan fingerprint density at radius 3 is 2.52 bits per heavy atom. The summed E-state index contributed by atoms with van der Waals surface area (Å²) in [6.07, 6.45) is 1.09. The summed E-state index contributed by atoms with van der Waals surface area (Å²) in [5, 5.41) is 3.08. The van der Waals surface area contributed by atoms with Crippen molar-refractivity contribution >= 4 is 5.69 Å². The zero-order valence-corrected chi connectivity index (χ0v) is 13.1. The number of benzene rings is 1. The maximum Gasteiger partial charge on any atom is 0.149 e. The van der Waals surface area contributed by atoms with E-state index in [-0.39, 0.29) is 5.69 Å². The molecule has 1 aliphatic heterocycles. The Labute approximate surface area is 125 Å². The second kappa shape index (κ2) is 7.18. The Kier molecular flexibility index (Phi) is 5.53. The number of halogens is 2. The third-order valence-corrected chi connectivity index (χ3v) is 4.06. The molecule has 1 N–H and O–H groups in total. The summed E-state index contributed by atoms with van der Waals surface area (Å²) in [6.45, 7) is 5.97. The second-order valence-corrected chi connectivity index (χ2v) is 5.99. The Balaban J connectivity index is 2.07. The number of nitrogens with one attached hydrogen (secondary N) is 1. The van der Waals surface area contributed by atoms with Crippen LogP contribution in [0.3, 0.4) is 0 Å². The lowest BCUT2D eigenvalue weighted by molar-refractivity contribution is 0.395. The van der Waals surface area contributed by atoms with Gasteiger partial charge in [0.25, 0.3) is 0 Å². The van der Waals surface area contributed by atoms with Crippen LogP contribution in [0, 0.1) is 17.6 Å². The van der Waals surface area contributed by atoms with Crippen LogP contribution in [0.15, 0.2) is 12.1 Å². The largest absolute Gasteiger partial charge is 0.370 e. The monoisotopic (exact) mass is 297 g/mol. The van der Waals surface area contributed by atoms with E-state index in [9.17, 15) is 8.78 Å². The lowest BCUT2D eigenvalue weighted by Gasteiger charge is -2.24. The summed E-state index contributed by atoms with van der Waals surface area (Å²) in [5.41, 5.74) is 0.731. The molecule has 118 valence electrons. The van der Waals surface area contributed by atoms with Gasteiger partial charge in [-0.05, 0) is 50.2 Å². The summed E-state index contributed by atoms with van der Waals surface area (Å²) in [4.78, 5) is 3.97. The van der Waals surface area contributed by atoms with Crippen LogP contribution in [0.5, 0.6) is 0 Å². The highest BCUT2D eigenvalue weighted by atomic mass is 19.1. The number of nitrogens with zero attached hydrogens (tertiary/aromatic N) is 2. The lowest BCUT2D eigenvalue weighted by Crippen LogP contribution is -2.28. The first-order valence-electron chi connectivity index (χ1n) is 7.59. The van der Waals surface area contributed by atoms with E-state index in [1.807, 2.05) is 6.92 Å². The molecule has 0 radical (unpaired) electrons. The van der Waals surface area contributed by atoms with Crippen molar-refractivity contribution in [2.75, 3.05) is 45.2 Å². The van der Waals surface area contributed by atoms with Gasteiger partial charge in [0.2, 0.25) is 0 Å². The topological polar surface area (TPSA) is 18.5 Å². The zero-order chi connectivity index (χ0) is 15.4. The molecule has 1 saturated heterocycles. The van der Waals surface area contributed by atoms with Crippen LogP contribution < -0.4 is 10.2 Å². The molecule has 0 aliphatic carbocycles. The average molecular weight is 297 g/mol. The highest BCUT2D eigenvalue weighted by Crippen LogP contribution is 2.26. The van der Waals surface area contributed by atoms with E-state index in [1.165, 1.54) is 12.1 Å². The Morgan fingerprint density at radius 1 is 1.33 bits per heavy atom. The van der Waals surface area contributed by atoms with Gasteiger partial charge in [0.15, 0.2) is 0 Å². The van der Waals surface area contributed by atoms with Gasteiger partial charge in [-0.15, -0.1) is 0 Å². The van der Waals surface area contributed by atoms with Crippen molar-refractivity contribution in [2.45, 2.75) is 19.9 Å².